The van der Waals surface area contributed by atoms with Gasteiger partial charge in [0.1, 0.15) is 5.01 Å². The minimum Gasteiger partial charge on any atom is -0.338 e. The molecule has 2 aromatic heterocycles. The second-order valence-electron chi connectivity index (χ2n) is 7.04. The van der Waals surface area contributed by atoms with E-state index >= 15 is 0 Å². The number of hydrogen-bond acceptors (Lipinski definition) is 7. The van der Waals surface area contributed by atoms with Crippen LogP contribution < -0.4 is 5.32 Å². The van der Waals surface area contributed by atoms with Gasteiger partial charge in [-0.1, -0.05) is 41.6 Å². The zero-order valence-electron chi connectivity index (χ0n) is 17.1. The Morgan fingerprint density at radius 1 is 1.03 bits per heavy atom. The zero-order valence-corrected chi connectivity index (χ0v) is 18.7. The number of fused-ring (bicyclic) bond motifs is 1. The van der Waals surface area contributed by atoms with E-state index in [0.29, 0.717) is 23.0 Å². The molecular formula is C24H18N4O2S2. The van der Waals surface area contributed by atoms with Crippen LogP contribution in [-0.4, -0.2) is 21.0 Å². The van der Waals surface area contributed by atoms with Gasteiger partial charge in [-0.15, -0.1) is 23.1 Å². The number of benzene rings is 3. The summed E-state index contributed by atoms with van der Waals surface area (Å²) in [6.07, 6.45) is 0. The summed E-state index contributed by atoms with van der Waals surface area (Å²) in [6.45, 7) is 1.78. The lowest BCUT2D eigenvalue weighted by molar-refractivity contribution is 0.102. The van der Waals surface area contributed by atoms with Crippen molar-refractivity contribution in [2.45, 2.75) is 17.6 Å². The monoisotopic (exact) mass is 458 g/mol. The number of nitrogens with one attached hydrogen (secondary N) is 1. The average Bonchev–Trinajstić information content (AvgIpc) is 3.44. The van der Waals surface area contributed by atoms with Gasteiger partial charge in [0.25, 0.3) is 5.91 Å². The largest absolute Gasteiger partial charge is 0.338 e. The Balaban J connectivity index is 1.34. The molecule has 0 saturated heterocycles. The number of thiazole rings is 1. The van der Waals surface area contributed by atoms with Crippen molar-refractivity contribution in [3.63, 3.8) is 0 Å². The highest BCUT2D eigenvalue weighted by Crippen LogP contribution is 2.32. The molecule has 2 heterocycles. The molecule has 0 radical (unpaired) electrons. The molecule has 3 aromatic carbocycles. The van der Waals surface area contributed by atoms with Crippen LogP contribution in [0.1, 0.15) is 22.1 Å². The van der Waals surface area contributed by atoms with Crippen molar-refractivity contribution < 1.29 is 9.32 Å². The maximum atomic E-state index is 13.1. The highest BCUT2D eigenvalue weighted by Gasteiger charge is 2.14. The molecule has 0 aliphatic rings. The van der Waals surface area contributed by atoms with Gasteiger partial charge in [-0.05, 0) is 43.3 Å². The van der Waals surface area contributed by atoms with Crippen LogP contribution in [-0.2, 0) is 5.75 Å². The van der Waals surface area contributed by atoms with Crippen molar-refractivity contribution in [2.24, 2.45) is 0 Å². The summed E-state index contributed by atoms with van der Waals surface area (Å²) in [5.41, 5.74) is 3.26. The molecule has 32 heavy (non-hydrogen) atoms. The van der Waals surface area contributed by atoms with Crippen LogP contribution in [0.5, 0.6) is 0 Å². The highest BCUT2D eigenvalue weighted by atomic mass is 32.2. The van der Waals surface area contributed by atoms with Gasteiger partial charge in [0, 0.05) is 16.1 Å². The van der Waals surface area contributed by atoms with Crippen LogP contribution in [0.4, 0.5) is 5.69 Å². The van der Waals surface area contributed by atoms with Crippen LogP contribution >= 0.6 is 23.1 Å². The van der Waals surface area contributed by atoms with Gasteiger partial charge < -0.3 is 9.84 Å². The van der Waals surface area contributed by atoms with E-state index in [-0.39, 0.29) is 5.91 Å². The number of para-hydroxylation sites is 1. The molecule has 158 valence electrons. The number of carbonyl (C=O) groups excluding carboxylic acids is 1. The molecule has 0 bridgehead atoms. The minimum atomic E-state index is -0.170. The standard InChI is InChI=1S/C24H18N4O2S2/c1-15-25-22(30-28-15)14-31-20-11-4-2-9-18(20)23(29)26-17-8-6-7-16(13-17)24-27-19-10-3-5-12-21(19)32-24/h2-13H,14H2,1H3,(H,26,29). The molecule has 0 aliphatic carbocycles. The van der Waals surface area contributed by atoms with Crippen molar-refractivity contribution in [1.82, 2.24) is 15.1 Å². The van der Waals surface area contributed by atoms with Crippen LogP contribution in [0, 0.1) is 6.92 Å². The first-order valence-corrected chi connectivity index (χ1v) is 11.7. The quantitative estimate of drug-likeness (QED) is 0.305. The molecule has 5 rings (SSSR count). The lowest BCUT2D eigenvalue weighted by Crippen LogP contribution is -2.13. The number of aryl methyl sites for hydroxylation is 1. The number of nitrogens with zero attached hydrogens (tertiary/aromatic N) is 3. The molecule has 6 nitrogen and oxygen atoms in total. The summed E-state index contributed by atoms with van der Waals surface area (Å²) < 4.78 is 6.31. The number of carbonyl (C=O) groups is 1. The van der Waals surface area contributed by atoms with Gasteiger partial charge in [0.15, 0.2) is 5.82 Å². The Kier molecular flexibility index (Phi) is 5.70. The number of thioether (sulfide) groups is 1. The van der Waals surface area contributed by atoms with E-state index in [4.69, 9.17) is 9.51 Å². The normalized spacial score (nSPS) is 11.0. The Hall–Kier alpha value is -3.49. The second-order valence-corrected chi connectivity index (χ2v) is 9.09. The molecule has 0 unspecified atom stereocenters. The summed E-state index contributed by atoms with van der Waals surface area (Å²) in [7, 11) is 0. The third-order valence-corrected chi connectivity index (χ3v) is 6.86. The van der Waals surface area contributed by atoms with E-state index in [1.807, 2.05) is 66.7 Å². The molecule has 0 aliphatic heterocycles. The molecule has 0 saturated carbocycles. The first-order valence-electron chi connectivity index (χ1n) is 9.94. The molecular weight excluding hydrogens is 440 g/mol. The Labute approximate surface area is 192 Å². The lowest BCUT2D eigenvalue weighted by Gasteiger charge is -2.10. The van der Waals surface area contributed by atoms with Crippen LogP contribution in [0.2, 0.25) is 0 Å². The van der Waals surface area contributed by atoms with Crippen molar-refractivity contribution in [3.8, 4) is 10.6 Å². The fraction of sp³-hybridized carbons (Fsp3) is 0.0833. The van der Waals surface area contributed by atoms with Gasteiger partial charge >= 0.3 is 0 Å². The maximum absolute atomic E-state index is 13.1. The summed E-state index contributed by atoms with van der Waals surface area (Å²) in [4.78, 5) is 22.8. The van der Waals surface area contributed by atoms with Crippen LogP contribution in [0.15, 0.2) is 82.2 Å². The third kappa shape index (κ3) is 4.42. The Morgan fingerprint density at radius 2 is 1.88 bits per heavy atom. The van der Waals surface area contributed by atoms with E-state index in [1.165, 1.54) is 11.8 Å². The fourth-order valence-electron chi connectivity index (χ4n) is 3.24. The number of aromatic nitrogens is 3. The summed E-state index contributed by atoms with van der Waals surface area (Å²) >= 11 is 3.13. The van der Waals surface area contributed by atoms with Gasteiger partial charge in [0.05, 0.1) is 21.5 Å². The fourth-order valence-corrected chi connectivity index (χ4v) is 5.09. The second kappa shape index (κ2) is 8.94. The van der Waals surface area contributed by atoms with Crippen molar-refractivity contribution in [3.05, 3.63) is 90.1 Å². The van der Waals surface area contributed by atoms with Crippen molar-refractivity contribution >= 4 is 44.9 Å². The van der Waals surface area contributed by atoms with E-state index in [0.717, 1.165) is 31.4 Å². The molecule has 0 fully saturated rings. The Bertz CT molecular complexity index is 1380. The zero-order chi connectivity index (χ0) is 21.9. The van der Waals surface area contributed by atoms with Gasteiger partial charge in [0.2, 0.25) is 5.89 Å². The number of rotatable bonds is 6. The average molecular weight is 459 g/mol. The van der Waals surface area contributed by atoms with E-state index in [2.05, 4.69) is 21.5 Å². The molecule has 0 spiro atoms. The number of hydrogen-bond donors (Lipinski definition) is 1. The summed E-state index contributed by atoms with van der Waals surface area (Å²) in [5.74, 6) is 1.46. The minimum absolute atomic E-state index is 0.170. The molecule has 0 atom stereocenters. The third-order valence-electron chi connectivity index (χ3n) is 4.71. The predicted octanol–water partition coefficient (Wildman–Crippen LogP) is 6.20. The summed E-state index contributed by atoms with van der Waals surface area (Å²) in [5, 5.41) is 7.75. The first-order chi connectivity index (χ1) is 15.7. The van der Waals surface area contributed by atoms with E-state index in [9.17, 15) is 4.79 Å². The molecule has 1 N–H and O–H groups in total. The number of anilines is 1. The maximum Gasteiger partial charge on any atom is 0.256 e. The van der Waals surface area contributed by atoms with Crippen LogP contribution in [0.25, 0.3) is 20.8 Å². The summed E-state index contributed by atoms with van der Waals surface area (Å²) in [6, 6.07) is 23.3. The Morgan fingerprint density at radius 3 is 2.72 bits per heavy atom. The predicted molar refractivity (Wildman–Crippen MR) is 128 cm³/mol. The van der Waals surface area contributed by atoms with Crippen molar-refractivity contribution in [1.29, 1.82) is 0 Å². The van der Waals surface area contributed by atoms with E-state index < -0.39 is 0 Å². The smallest absolute Gasteiger partial charge is 0.256 e. The lowest BCUT2D eigenvalue weighted by atomic mass is 10.1. The molecule has 5 aromatic rings. The molecule has 8 heteroatoms. The van der Waals surface area contributed by atoms with Gasteiger partial charge in [-0.2, -0.15) is 4.98 Å². The SMILES string of the molecule is Cc1noc(CSc2ccccc2C(=O)Nc2cccc(-c3nc4ccccc4s3)c2)n1. The number of amides is 1. The highest BCUT2D eigenvalue weighted by molar-refractivity contribution is 7.98. The topological polar surface area (TPSA) is 80.9 Å². The van der Waals surface area contributed by atoms with Crippen LogP contribution in [0.3, 0.4) is 0 Å². The van der Waals surface area contributed by atoms with Gasteiger partial charge in [-0.25, -0.2) is 4.98 Å². The first kappa shape index (κ1) is 20.4. The van der Waals surface area contributed by atoms with Crippen molar-refractivity contribution in [2.75, 3.05) is 5.32 Å². The molecule has 1 amide bonds. The van der Waals surface area contributed by atoms with Gasteiger partial charge in [-0.3, -0.25) is 4.79 Å². The van der Waals surface area contributed by atoms with E-state index in [1.54, 1.807) is 18.3 Å².